The standard InChI is InChI=1S/C14H26O/c1-5-10(3)12-8-7-9-13(14(12)15)11(4)6-2/h10-13H,5-9H2,1-4H3/t10-,11-,12+,13+/m0/s1. The van der Waals surface area contributed by atoms with Crippen molar-refractivity contribution in [2.75, 3.05) is 0 Å². The lowest BCUT2D eigenvalue weighted by Crippen LogP contribution is -2.35. The molecular weight excluding hydrogens is 184 g/mol. The molecule has 0 aromatic carbocycles. The van der Waals surface area contributed by atoms with E-state index >= 15 is 0 Å². The second-order valence-electron chi connectivity index (χ2n) is 5.32. The van der Waals surface area contributed by atoms with Gasteiger partial charge in [0.25, 0.3) is 0 Å². The molecule has 0 radical (unpaired) electrons. The minimum atomic E-state index is 0.364. The van der Waals surface area contributed by atoms with Gasteiger partial charge >= 0.3 is 0 Å². The molecule has 0 spiro atoms. The Bertz CT molecular complexity index is 189. The van der Waals surface area contributed by atoms with E-state index in [9.17, 15) is 4.79 Å². The third kappa shape index (κ3) is 2.83. The molecule has 0 aromatic heterocycles. The van der Waals surface area contributed by atoms with Crippen LogP contribution in [0, 0.1) is 23.7 Å². The quantitative estimate of drug-likeness (QED) is 0.683. The molecule has 4 atom stereocenters. The molecule has 1 fully saturated rings. The monoisotopic (exact) mass is 210 g/mol. The first-order valence-electron chi connectivity index (χ1n) is 6.65. The van der Waals surface area contributed by atoms with E-state index in [4.69, 9.17) is 0 Å². The van der Waals surface area contributed by atoms with Gasteiger partial charge in [0.05, 0.1) is 0 Å². The number of Topliss-reactive ketones (excluding diaryl/α,β-unsaturated/α-hetero) is 1. The van der Waals surface area contributed by atoms with Gasteiger partial charge in [-0.25, -0.2) is 0 Å². The van der Waals surface area contributed by atoms with Crippen molar-refractivity contribution in [3.8, 4) is 0 Å². The molecule has 88 valence electrons. The summed E-state index contributed by atoms with van der Waals surface area (Å²) in [5, 5.41) is 0. The summed E-state index contributed by atoms with van der Waals surface area (Å²) >= 11 is 0. The molecule has 0 aliphatic heterocycles. The molecule has 0 heterocycles. The van der Waals surface area contributed by atoms with Gasteiger partial charge < -0.3 is 0 Å². The summed E-state index contributed by atoms with van der Waals surface area (Å²) in [5.41, 5.74) is 0. The fraction of sp³-hybridized carbons (Fsp3) is 0.929. The first-order chi connectivity index (χ1) is 7.11. The van der Waals surface area contributed by atoms with Crippen LogP contribution in [0.15, 0.2) is 0 Å². The molecule has 0 N–H and O–H groups in total. The van der Waals surface area contributed by atoms with Crippen molar-refractivity contribution in [3.63, 3.8) is 0 Å². The maximum absolute atomic E-state index is 12.3. The van der Waals surface area contributed by atoms with Crippen molar-refractivity contribution in [1.82, 2.24) is 0 Å². The van der Waals surface area contributed by atoms with Crippen molar-refractivity contribution in [3.05, 3.63) is 0 Å². The number of ketones is 1. The van der Waals surface area contributed by atoms with Crippen LogP contribution in [0.5, 0.6) is 0 Å². The lowest BCUT2D eigenvalue weighted by atomic mass is 9.69. The van der Waals surface area contributed by atoms with Gasteiger partial charge in [0.1, 0.15) is 5.78 Å². The molecule has 1 nitrogen and oxygen atoms in total. The molecular formula is C14H26O. The Morgan fingerprint density at radius 2 is 1.47 bits per heavy atom. The van der Waals surface area contributed by atoms with Crippen LogP contribution in [0.4, 0.5) is 0 Å². The Labute approximate surface area is 94.6 Å². The van der Waals surface area contributed by atoms with E-state index in [1.54, 1.807) is 0 Å². The number of carbonyl (C=O) groups excluding carboxylic acids is 1. The third-order valence-electron chi connectivity index (χ3n) is 4.42. The molecule has 1 aliphatic carbocycles. The first-order valence-corrected chi connectivity index (χ1v) is 6.65. The molecule has 0 aromatic rings. The van der Waals surface area contributed by atoms with Gasteiger partial charge in [-0.3, -0.25) is 4.79 Å². The van der Waals surface area contributed by atoms with Crippen molar-refractivity contribution in [2.45, 2.75) is 59.8 Å². The second kappa shape index (κ2) is 5.67. The predicted octanol–water partition coefficient (Wildman–Crippen LogP) is 4.06. The topological polar surface area (TPSA) is 17.1 Å². The van der Waals surface area contributed by atoms with Crippen molar-refractivity contribution >= 4 is 5.78 Å². The first kappa shape index (κ1) is 12.7. The Balaban J connectivity index is 2.66. The van der Waals surface area contributed by atoms with Crippen LogP contribution < -0.4 is 0 Å². The van der Waals surface area contributed by atoms with E-state index in [2.05, 4.69) is 27.7 Å². The van der Waals surface area contributed by atoms with Gasteiger partial charge in [0, 0.05) is 11.8 Å². The lowest BCUT2D eigenvalue weighted by Gasteiger charge is -2.34. The minimum Gasteiger partial charge on any atom is -0.299 e. The van der Waals surface area contributed by atoms with Crippen LogP contribution in [0.25, 0.3) is 0 Å². The van der Waals surface area contributed by atoms with E-state index in [1.165, 1.54) is 6.42 Å². The van der Waals surface area contributed by atoms with Gasteiger partial charge in [0.15, 0.2) is 0 Å². The highest BCUT2D eigenvalue weighted by molar-refractivity contribution is 5.84. The van der Waals surface area contributed by atoms with Crippen molar-refractivity contribution in [1.29, 1.82) is 0 Å². The average Bonchev–Trinajstić information content (AvgIpc) is 2.27. The van der Waals surface area contributed by atoms with Gasteiger partial charge in [-0.2, -0.15) is 0 Å². The summed E-state index contributed by atoms with van der Waals surface area (Å²) in [7, 11) is 0. The fourth-order valence-corrected chi connectivity index (χ4v) is 2.82. The molecule has 1 aliphatic rings. The molecule has 1 saturated carbocycles. The Hall–Kier alpha value is -0.330. The van der Waals surface area contributed by atoms with Crippen LogP contribution in [-0.2, 0) is 4.79 Å². The van der Waals surface area contributed by atoms with Crippen molar-refractivity contribution < 1.29 is 4.79 Å². The summed E-state index contributed by atoms with van der Waals surface area (Å²) in [6.07, 6.45) is 5.82. The molecule has 0 saturated heterocycles. The third-order valence-corrected chi connectivity index (χ3v) is 4.42. The largest absolute Gasteiger partial charge is 0.299 e. The molecule has 15 heavy (non-hydrogen) atoms. The summed E-state index contributed by atoms with van der Waals surface area (Å²) in [4.78, 5) is 12.3. The second-order valence-corrected chi connectivity index (χ2v) is 5.32. The summed E-state index contributed by atoms with van der Waals surface area (Å²) in [6, 6.07) is 0. The zero-order chi connectivity index (χ0) is 11.4. The number of carbonyl (C=O) groups is 1. The molecule has 1 rings (SSSR count). The summed E-state index contributed by atoms with van der Waals surface area (Å²) in [6.45, 7) is 8.87. The normalized spacial score (nSPS) is 31.3. The highest BCUT2D eigenvalue weighted by Gasteiger charge is 2.35. The highest BCUT2D eigenvalue weighted by atomic mass is 16.1. The number of rotatable bonds is 4. The van der Waals surface area contributed by atoms with Gasteiger partial charge in [-0.05, 0) is 24.7 Å². The maximum Gasteiger partial charge on any atom is 0.139 e. The molecule has 0 unspecified atom stereocenters. The van der Waals surface area contributed by atoms with Crippen LogP contribution in [-0.4, -0.2) is 5.78 Å². The van der Waals surface area contributed by atoms with Gasteiger partial charge in [-0.15, -0.1) is 0 Å². The maximum atomic E-state index is 12.3. The predicted molar refractivity (Wildman–Crippen MR) is 64.7 cm³/mol. The number of hydrogen-bond donors (Lipinski definition) is 0. The van der Waals surface area contributed by atoms with E-state index in [0.29, 0.717) is 29.5 Å². The lowest BCUT2D eigenvalue weighted by molar-refractivity contribution is -0.132. The Morgan fingerprint density at radius 1 is 1.07 bits per heavy atom. The van der Waals surface area contributed by atoms with Crippen LogP contribution >= 0.6 is 0 Å². The smallest absolute Gasteiger partial charge is 0.139 e. The van der Waals surface area contributed by atoms with E-state index in [-0.39, 0.29) is 0 Å². The molecule has 0 amide bonds. The SMILES string of the molecule is CC[C@H](C)[C@H]1CCC[C@H]([C@@H](C)CC)C1=O. The Morgan fingerprint density at radius 3 is 1.80 bits per heavy atom. The van der Waals surface area contributed by atoms with E-state index < -0.39 is 0 Å². The molecule has 1 heteroatoms. The van der Waals surface area contributed by atoms with Gasteiger partial charge in [0.2, 0.25) is 0 Å². The molecule has 0 bridgehead atoms. The Kier molecular flexibility index (Phi) is 4.82. The summed E-state index contributed by atoms with van der Waals surface area (Å²) in [5.74, 6) is 2.48. The summed E-state index contributed by atoms with van der Waals surface area (Å²) < 4.78 is 0. The average molecular weight is 210 g/mol. The highest BCUT2D eigenvalue weighted by Crippen LogP contribution is 2.36. The van der Waals surface area contributed by atoms with Crippen LogP contribution in [0.3, 0.4) is 0 Å². The zero-order valence-electron chi connectivity index (χ0n) is 10.8. The van der Waals surface area contributed by atoms with E-state index in [1.807, 2.05) is 0 Å². The van der Waals surface area contributed by atoms with E-state index in [0.717, 1.165) is 25.7 Å². The van der Waals surface area contributed by atoms with Gasteiger partial charge in [-0.1, -0.05) is 47.0 Å². The number of hydrogen-bond acceptors (Lipinski definition) is 1. The zero-order valence-corrected chi connectivity index (χ0v) is 10.8. The fourth-order valence-electron chi connectivity index (χ4n) is 2.82. The minimum absolute atomic E-state index is 0.364. The van der Waals surface area contributed by atoms with Crippen LogP contribution in [0.1, 0.15) is 59.8 Å². The van der Waals surface area contributed by atoms with Crippen LogP contribution in [0.2, 0.25) is 0 Å². The van der Waals surface area contributed by atoms with Crippen molar-refractivity contribution in [2.24, 2.45) is 23.7 Å².